The highest BCUT2D eigenvalue weighted by Gasteiger charge is 2.13. The van der Waals surface area contributed by atoms with Crippen molar-refractivity contribution in [1.82, 2.24) is 5.32 Å². The molecule has 1 atom stereocenters. The van der Waals surface area contributed by atoms with E-state index >= 15 is 0 Å². The zero-order chi connectivity index (χ0) is 15.3. The summed E-state index contributed by atoms with van der Waals surface area (Å²) < 4.78 is 15.6. The molecule has 1 rings (SSSR count). The molecule has 0 heterocycles. The van der Waals surface area contributed by atoms with Gasteiger partial charge in [0, 0.05) is 31.9 Å². The normalized spacial score (nSPS) is 18.3. The van der Waals surface area contributed by atoms with Crippen molar-refractivity contribution in [3.05, 3.63) is 23.4 Å². The fraction of sp³-hybridized carbons (Fsp3) is 0.733. The third-order valence-electron chi connectivity index (χ3n) is 3.12. The molecule has 1 aliphatic carbocycles. The average Bonchev–Trinajstić information content (AvgIpc) is 2.52. The molecular weight excluding hydrogens is 274 g/mol. The molecule has 0 bridgehead atoms. The average molecular weight is 301 g/mol. The molecule has 0 saturated carbocycles. The van der Waals surface area contributed by atoms with Crippen molar-refractivity contribution in [2.75, 3.05) is 59.9 Å². The van der Waals surface area contributed by atoms with Crippen molar-refractivity contribution < 1.29 is 24.4 Å². The number of ether oxygens (including phenoxy) is 3. The van der Waals surface area contributed by atoms with E-state index in [1.165, 1.54) is 0 Å². The summed E-state index contributed by atoms with van der Waals surface area (Å²) in [4.78, 5) is 0. The first kappa shape index (κ1) is 18.1. The van der Waals surface area contributed by atoms with Crippen LogP contribution in [0.15, 0.2) is 23.4 Å². The van der Waals surface area contributed by atoms with Gasteiger partial charge in [0.25, 0.3) is 0 Å². The zero-order valence-corrected chi connectivity index (χ0v) is 12.7. The Bertz CT molecular complexity index is 330. The maximum atomic E-state index is 9.22. The summed E-state index contributed by atoms with van der Waals surface area (Å²) in [5, 5.41) is 21.7. The summed E-state index contributed by atoms with van der Waals surface area (Å²) in [5.41, 5.74) is 1.87. The van der Waals surface area contributed by atoms with Crippen LogP contribution >= 0.6 is 0 Å². The predicted molar refractivity (Wildman–Crippen MR) is 80.0 cm³/mol. The lowest BCUT2D eigenvalue weighted by Crippen LogP contribution is -2.23. The Labute approximate surface area is 126 Å². The molecule has 0 aromatic rings. The second-order valence-electron chi connectivity index (χ2n) is 4.87. The number of hydrogen-bond donors (Lipinski definition) is 3. The summed E-state index contributed by atoms with van der Waals surface area (Å²) >= 11 is 0. The Balaban J connectivity index is 2.09. The molecule has 0 aromatic heterocycles. The molecule has 0 spiro atoms. The molecule has 21 heavy (non-hydrogen) atoms. The molecule has 6 nitrogen and oxygen atoms in total. The van der Waals surface area contributed by atoms with Crippen LogP contribution in [-0.2, 0) is 14.2 Å². The quantitative estimate of drug-likeness (QED) is 0.443. The molecule has 0 radical (unpaired) electrons. The lowest BCUT2D eigenvalue weighted by molar-refractivity contribution is 0.0259. The van der Waals surface area contributed by atoms with Gasteiger partial charge in [-0.05, 0) is 18.1 Å². The van der Waals surface area contributed by atoms with Crippen LogP contribution in [0.5, 0.6) is 0 Å². The van der Waals surface area contributed by atoms with Gasteiger partial charge in [-0.15, -0.1) is 0 Å². The van der Waals surface area contributed by atoms with Crippen LogP contribution in [0.4, 0.5) is 0 Å². The molecule has 0 aliphatic heterocycles. The third kappa shape index (κ3) is 8.18. The van der Waals surface area contributed by atoms with E-state index in [0.29, 0.717) is 46.0 Å². The number of aliphatic hydroxyl groups excluding tert-OH is 2. The van der Waals surface area contributed by atoms with Gasteiger partial charge in [0.1, 0.15) is 0 Å². The van der Waals surface area contributed by atoms with Crippen LogP contribution in [-0.4, -0.2) is 70.1 Å². The fourth-order valence-electron chi connectivity index (χ4n) is 2.05. The number of nitrogens with one attached hydrogen (secondary N) is 1. The topological polar surface area (TPSA) is 80.2 Å². The number of aliphatic hydroxyl groups is 2. The van der Waals surface area contributed by atoms with Gasteiger partial charge >= 0.3 is 0 Å². The summed E-state index contributed by atoms with van der Waals surface area (Å²) in [7, 11) is 1.64. The van der Waals surface area contributed by atoms with Crippen molar-refractivity contribution in [2.45, 2.75) is 6.42 Å². The van der Waals surface area contributed by atoms with Crippen LogP contribution in [0.2, 0.25) is 0 Å². The Morgan fingerprint density at radius 3 is 2.52 bits per heavy atom. The van der Waals surface area contributed by atoms with E-state index in [9.17, 15) is 10.2 Å². The van der Waals surface area contributed by atoms with Crippen LogP contribution in [0.1, 0.15) is 6.42 Å². The molecule has 0 amide bonds. The van der Waals surface area contributed by atoms with Gasteiger partial charge in [-0.1, -0.05) is 6.08 Å². The van der Waals surface area contributed by atoms with E-state index in [2.05, 4.69) is 5.32 Å². The highest BCUT2D eigenvalue weighted by Crippen LogP contribution is 2.20. The van der Waals surface area contributed by atoms with Gasteiger partial charge in [0.15, 0.2) is 0 Å². The number of allylic oxidation sites excluding steroid dienone is 1. The summed E-state index contributed by atoms with van der Waals surface area (Å²) in [5.74, 6) is 0.0785. The van der Waals surface area contributed by atoms with Gasteiger partial charge in [-0.2, -0.15) is 0 Å². The Morgan fingerprint density at radius 2 is 1.86 bits per heavy atom. The lowest BCUT2D eigenvalue weighted by Gasteiger charge is -2.20. The minimum atomic E-state index is 0.0326. The van der Waals surface area contributed by atoms with Crippen molar-refractivity contribution in [2.24, 2.45) is 5.92 Å². The highest BCUT2D eigenvalue weighted by molar-refractivity contribution is 5.28. The molecule has 0 saturated heterocycles. The van der Waals surface area contributed by atoms with Gasteiger partial charge in [0.2, 0.25) is 0 Å². The number of methoxy groups -OCH3 is 1. The maximum absolute atomic E-state index is 9.22. The summed E-state index contributed by atoms with van der Waals surface area (Å²) in [6.45, 7) is 3.69. The molecule has 1 unspecified atom stereocenters. The monoisotopic (exact) mass is 301 g/mol. The first-order valence-corrected chi connectivity index (χ1v) is 7.31. The lowest BCUT2D eigenvalue weighted by atomic mass is 9.94. The maximum Gasteiger partial charge on any atom is 0.0701 e. The predicted octanol–water partition coefficient (Wildman–Crippen LogP) is 0.0704. The highest BCUT2D eigenvalue weighted by atomic mass is 16.5. The number of hydrogen-bond acceptors (Lipinski definition) is 6. The van der Waals surface area contributed by atoms with Gasteiger partial charge in [-0.25, -0.2) is 0 Å². The zero-order valence-electron chi connectivity index (χ0n) is 12.7. The Morgan fingerprint density at radius 1 is 1.14 bits per heavy atom. The molecule has 0 fully saturated rings. The third-order valence-corrected chi connectivity index (χ3v) is 3.12. The van der Waals surface area contributed by atoms with Crippen molar-refractivity contribution in [3.63, 3.8) is 0 Å². The van der Waals surface area contributed by atoms with Gasteiger partial charge < -0.3 is 29.7 Å². The molecule has 122 valence electrons. The Hall–Kier alpha value is -0.920. The molecule has 3 N–H and O–H groups in total. The van der Waals surface area contributed by atoms with E-state index in [-0.39, 0.29) is 19.1 Å². The summed E-state index contributed by atoms with van der Waals surface area (Å²) in [6.07, 6.45) is 4.64. The van der Waals surface area contributed by atoms with Crippen molar-refractivity contribution >= 4 is 0 Å². The molecular formula is C15H27NO5. The minimum Gasteiger partial charge on any atom is -0.396 e. The second kappa shape index (κ2) is 11.7. The first-order chi connectivity index (χ1) is 10.3. The van der Waals surface area contributed by atoms with Crippen LogP contribution in [0, 0.1) is 5.92 Å². The summed E-state index contributed by atoms with van der Waals surface area (Å²) in [6, 6.07) is 0. The Kier molecular flexibility index (Phi) is 10.1. The standard InChI is InChI=1S/C15H27NO5/c1-19-4-5-21-7-6-20-3-2-16-15-9-13(11-17)8-14(10-15)12-18/h9-10,13,16-18H,2-8,11-12H2,1H3. The fourth-order valence-corrected chi connectivity index (χ4v) is 2.05. The van der Waals surface area contributed by atoms with Gasteiger partial charge in [0.05, 0.1) is 39.6 Å². The van der Waals surface area contributed by atoms with E-state index in [1.807, 2.05) is 12.2 Å². The molecule has 0 aromatic carbocycles. The van der Waals surface area contributed by atoms with Crippen LogP contribution < -0.4 is 5.32 Å². The van der Waals surface area contributed by atoms with Crippen molar-refractivity contribution in [1.29, 1.82) is 0 Å². The smallest absolute Gasteiger partial charge is 0.0701 e. The second-order valence-corrected chi connectivity index (χ2v) is 4.87. The SMILES string of the molecule is COCCOCCOCCNC1=CC(CO)CC(CO)=C1. The van der Waals surface area contributed by atoms with E-state index < -0.39 is 0 Å². The molecule has 1 aliphatic rings. The van der Waals surface area contributed by atoms with Crippen LogP contribution in [0.25, 0.3) is 0 Å². The van der Waals surface area contributed by atoms with Crippen molar-refractivity contribution in [3.8, 4) is 0 Å². The number of rotatable bonds is 12. The van der Waals surface area contributed by atoms with E-state index in [1.54, 1.807) is 7.11 Å². The first-order valence-electron chi connectivity index (χ1n) is 7.31. The van der Waals surface area contributed by atoms with E-state index in [0.717, 1.165) is 11.3 Å². The van der Waals surface area contributed by atoms with E-state index in [4.69, 9.17) is 14.2 Å². The molecule has 6 heteroatoms. The minimum absolute atomic E-state index is 0.0326. The van der Waals surface area contributed by atoms with Crippen LogP contribution in [0.3, 0.4) is 0 Å². The largest absolute Gasteiger partial charge is 0.396 e. The van der Waals surface area contributed by atoms with Gasteiger partial charge in [-0.3, -0.25) is 0 Å².